The van der Waals surface area contributed by atoms with Crippen molar-refractivity contribution < 1.29 is 19.4 Å². The lowest BCUT2D eigenvalue weighted by molar-refractivity contribution is -0.139. The normalized spacial score (nSPS) is 11.7. The van der Waals surface area contributed by atoms with Crippen molar-refractivity contribution in [3.05, 3.63) is 88.0 Å². The summed E-state index contributed by atoms with van der Waals surface area (Å²) in [6.45, 7) is 11.0. The number of phenols is 1. The largest absolute Gasteiger partial charge is 0.504 e. The third-order valence-corrected chi connectivity index (χ3v) is 7.78. The van der Waals surface area contributed by atoms with Crippen LogP contribution in [0.3, 0.4) is 0 Å². The predicted octanol–water partition coefficient (Wildman–Crippen LogP) is 8.32. The van der Waals surface area contributed by atoms with E-state index >= 15 is 0 Å². The first-order valence-corrected chi connectivity index (χ1v) is 13.6. The van der Waals surface area contributed by atoms with E-state index in [9.17, 15) is 9.90 Å². The Bertz CT molecular complexity index is 1300. The first-order chi connectivity index (χ1) is 18.2. The number of methoxy groups -OCH3 is 2. The second-order valence-electron chi connectivity index (χ2n) is 10.0. The van der Waals surface area contributed by atoms with Gasteiger partial charge in [0.2, 0.25) is 0 Å². The molecule has 3 rings (SSSR count). The summed E-state index contributed by atoms with van der Waals surface area (Å²) in [5.74, 6) is 0.0649. The maximum absolute atomic E-state index is 11.9. The highest BCUT2D eigenvalue weighted by molar-refractivity contribution is 5.79. The molecule has 202 valence electrons. The summed E-state index contributed by atoms with van der Waals surface area (Å²) in [5.41, 5.74) is 8.35. The predicted molar refractivity (Wildman–Crippen MR) is 157 cm³/mol. The molecule has 1 N–H and O–H groups in total. The number of hydrogen-bond donors (Lipinski definition) is 1. The van der Waals surface area contributed by atoms with Gasteiger partial charge in [0.05, 0.1) is 20.6 Å². The Balaban J connectivity index is 2.08. The molecular weight excluding hydrogens is 472 g/mol. The number of rotatable bonds is 11. The number of ether oxygens (including phenoxy) is 2. The Kier molecular flexibility index (Phi) is 9.79. The molecule has 0 saturated heterocycles. The van der Waals surface area contributed by atoms with Crippen molar-refractivity contribution in [1.82, 2.24) is 0 Å². The Morgan fingerprint density at radius 2 is 1.55 bits per heavy atom. The molecule has 0 fully saturated rings. The second-order valence-corrected chi connectivity index (χ2v) is 10.0. The lowest BCUT2D eigenvalue weighted by atomic mass is 9.69. The van der Waals surface area contributed by atoms with E-state index in [0.29, 0.717) is 11.3 Å². The minimum Gasteiger partial charge on any atom is -0.504 e. The van der Waals surface area contributed by atoms with Crippen molar-refractivity contribution in [3.8, 4) is 22.6 Å². The van der Waals surface area contributed by atoms with Crippen LogP contribution < -0.4 is 4.74 Å². The molecule has 0 aliphatic heterocycles. The third kappa shape index (κ3) is 5.96. The van der Waals surface area contributed by atoms with Gasteiger partial charge in [-0.15, -0.1) is 0 Å². The van der Waals surface area contributed by atoms with Crippen LogP contribution in [-0.4, -0.2) is 25.3 Å². The maximum atomic E-state index is 11.9. The fourth-order valence-corrected chi connectivity index (χ4v) is 5.40. The minimum atomic E-state index is -0.339. The summed E-state index contributed by atoms with van der Waals surface area (Å²) >= 11 is 0. The molecule has 0 aromatic heterocycles. The van der Waals surface area contributed by atoms with Crippen LogP contribution in [0.25, 0.3) is 17.2 Å². The average molecular weight is 515 g/mol. The van der Waals surface area contributed by atoms with Gasteiger partial charge in [-0.3, -0.25) is 4.79 Å². The Hall–Kier alpha value is -3.53. The highest BCUT2D eigenvalue weighted by Crippen LogP contribution is 2.44. The van der Waals surface area contributed by atoms with Crippen LogP contribution in [-0.2, 0) is 21.4 Å². The van der Waals surface area contributed by atoms with Gasteiger partial charge in [-0.05, 0) is 84.2 Å². The standard InChI is InChI=1S/C34H42O4/c1-8-11-12-13-26-14-15-27(18-23(26)4)34(9-2,10-3)28-16-17-29(24(5)19-28)30-20-25(22-32(35)38-7)21-31(37-6)33(30)36/h12-21,36H,8-11,22H2,1-7H3/b13-12+. The molecule has 0 atom stereocenters. The smallest absolute Gasteiger partial charge is 0.309 e. The van der Waals surface area contributed by atoms with Crippen molar-refractivity contribution >= 4 is 12.0 Å². The Morgan fingerprint density at radius 3 is 2.11 bits per heavy atom. The van der Waals surface area contributed by atoms with Crippen LogP contribution in [0.1, 0.15) is 79.8 Å². The van der Waals surface area contributed by atoms with Crippen LogP contribution in [0.2, 0.25) is 0 Å². The van der Waals surface area contributed by atoms with Gasteiger partial charge in [0.25, 0.3) is 0 Å². The van der Waals surface area contributed by atoms with Gasteiger partial charge in [0.15, 0.2) is 11.5 Å². The van der Waals surface area contributed by atoms with Crippen molar-refractivity contribution in [2.45, 2.75) is 72.1 Å². The zero-order chi connectivity index (χ0) is 27.9. The number of benzene rings is 3. The molecule has 0 unspecified atom stereocenters. The van der Waals surface area contributed by atoms with Gasteiger partial charge in [-0.1, -0.05) is 75.7 Å². The molecule has 38 heavy (non-hydrogen) atoms. The van der Waals surface area contributed by atoms with Gasteiger partial charge in [0.1, 0.15) is 0 Å². The SMILES string of the molecule is CCC/C=C/c1ccc(C(CC)(CC)c2ccc(-c3cc(CC(=O)OC)cc(OC)c3O)c(C)c2)cc1C. The van der Waals surface area contributed by atoms with E-state index in [1.165, 1.54) is 36.5 Å². The van der Waals surface area contributed by atoms with Crippen LogP contribution >= 0.6 is 0 Å². The van der Waals surface area contributed by atoms with Crippen LogP contribution in [0.5, 0.6) is 11.5 Å². The van der Waals surface area contributed by atoms with E-state index in [1.54, 1.807) is 6.07 Å². The Labute approximate surface area is 228 Å². The molecule has 4 nitrogen and oxygen atoms in total. The molecule has 4 heteroatoms. The molecule has 3 aromatic rings. The number of hydrogen-bond acceptors (Lipinski definition) is 4. The summed E-state index contributed by atoms with van der Waals surface area (Å²) < 4.78 is 10.3. The molecule has 0 bridgehead atoms. The molecular formula is C34H42O4. The molecule has 0 saturated carbocycles. The minimum absolute atomic E-state index is 0.0663. The van der Waals surface area contributed by atoms with Gasteiger partial charge in [0, 0.05) is 11.0 Å². The topological polar surface area (TPSA) is 55.8 Å². The first-order valence-electron chi connectivity index (χ1n) is 13.6. The maximum Gasteiger partial charge on any atom is 0.309 e. The summed E-state index contributed by atoms with van der Waals surface area (Å²) in [7, 11) is 2.89. The highest BCUT2D eigenvalue weighted by Gasteiger charge is 2.31. The van der Waals surface area contributed by atoms with E-state index in [1.807, 2.05) is 6.07 Å². The molecule has 3 aromatic carbocycles. The highest BCUT2D eigenvalue weighted by atomic mass is 16.5. The van der Waals surface area contributed by atoms with Gasteiger partial charge < -0.3 is 14.6 Å². The zero-order valence-corrected chi connectivity index (χ0v) is 24.0. The molecule has 0 spiro atoms. The lowest BCUT2D eigenvalue weighted by Gasteiger charge is -2.34. The van der Waals surface area contributed by atoms with Crippen LogP contribution in [0.4, 0.5) is 0 Å². The number of carbonyl (C=O) groups is 1. The average Bonchev–Trinajstić information content (AvgIpc) is 2.92. The monoisotopic (exact) mass is 514 g/mol. The van der Waals surface area contributed by atoms with E-state index in [-0.39, 0.29) is 23.6 Å². The molecule has 0 aliphatic carbocycles. The number of unbranched alkanes of at least 4 members (excludes halogenated alkanes) is 1. The second kappa shape index (κ2) is 12.8. The van der Waals surface area contributed by atoms with E-state index < -0.39 is 0 Å². The summed E-state index contributed by atoms with van der Waals surface area (Å²) in [5, 5.41) is 11.0. The van der Waals surface area contributed by atoms with Crippen LogP contribution in [0, 0.1) is 13.8 Å². The summed E-state index contributed by atoms with van der Waals surface area (Å²) in [6.07, 6.45) is 8.78. The number of carbonyl (C=O) groups excluding carboxylic acids is 1. The fourth-order valence-electron chi connectivity index (χ4n) is 5.40. The quantitative estimate of drug-likeness (QED) is 0.261. The van der Waals surface area contributed by atoms with Gasteiger partial charge in [-0.2, -0.15) is 0 Å². The van der Waals surface area contributed by atoms with E-state index in [4.69, 9.17) is 9.47 Å². The van der Waals surface area contributed by atoms with Crippen LogP contribution in [0.15, 0.2) is 54.6 Å². The van der Waals surface area contributed by atoms with Crippen molar-refractivity contribution in [1.29, 1.82) is 0 Å². The summed E-state index contributed by atoms with van der Waals surface area (Å²) in [6, 6.07) is 16.9. The Morgan fingerprint density at radius 1 is 0.895 bits per heavy atom. The molecule has 0 aliphatic rings. The fraction of sp³-hybridized carbons (Fsp3) is 0.382. The van der Waals surface area contributed by atoms with E-state index in [2.05, 4.69) is 83.2 Å². The molecule has 0 heterocycles. The van der Waals surface area contributed by atoms with Crippen molar-refractivity contribution in [3.63, 3.8) is 0 Å². The van der Waals surface area contributed by atoms with Crippen molar-refractivity contribution in [2.75, 3.05) is 14.2 Å². The summed E-state index contributed by atoms with van der Waals surface area (Å²) in [4.78, 5) is 11.9. The third-order valence-electron chi connectivity index (χ3n) is 7.78. The lowest BCUT2D eigenvalue weighted by Crippen LogP contribution is -2.26. The van der Waals surface area contributed by atoms with E-state index in [0.717, 1.165) is 42.4 Å². The number of aryl methyl sites for hydroxylation is 2. The zero-order valence-electron chi connectivity index (χ0n) is 24.0. The number of phenolic OH excluding ortho intramolecular Hbond substituents is 1. The first kappa shape index (κ1) is 29.0. The number of allylic oxidation sites excluding steroid dienone is 1. The van der Waals surface area contributed by atoms with Crippen molar-refractivity contribution in [2.24, 2.45) is 0 Å². The number of aromatic hydroxyl groups is 1. The number of esters is 1. The molecule has 0 amide bonds. The van der Waals surface area contributed by atoms with Gasteiger partial charge >= 0.3 is 5.97 Å². The molecule has 0 radical (unpaired) electrons. The van der Waals surface area contributed by atoms with Gasteiger partial charge in [-0.25, -0.2) is 0 Å².